The first kappa shape index (κ1) is 14.0. The standard InChI is InChI=1S/C9H15BN5O3P/c1-6(18-5-19(10,16)17)2-15-4-14-7-8(11)12-3-13-9(7)15/h3-4,6H,2,5,10H2,1H3,(H,16,17)(H2,11,12,13)/t6-/m1/s1. The van der Waals surface area contributed by atoms with Crippen LogP contribution in [0, 0.1) is 0 Å². The lowest BCUT2D eigenvalue weighted by atomic mass is 10.4. The summed E-state index contributed by atoms with van der Waals surface area (Å²) in [6.45, 7) is 2.28. The molecule has 0 bridgehead atoms. The number of imidazole rings is 1. The van der Waals surface area contributed by atoms with E-state index >= 15 is 0 Å². The first-order chi connectivity index (χ1) is 8.87. The van der Waals surface area contributed by atoms with Crippen LogP contribution in [0.1, 0.15) is 6.92 Å². The lowest BCUT2D eigenvalue weighted by Crippen LogP contribution is -2.17. The zero-order chi connectivity index (χ0) is 14.0. The molecule has 0 spiro atoms. The van der Waals surface area contributed by atoms with E-state index in [1.165, 1.54) is 13.9 Å². The molecule has 2 aromatic heterocycles. The molecule has 0 amide bonds. The van der Waals surface area contributed by atoms with Gasteiger partial charge in [-0.2, -0.15) is 0 Å². The minimum Gasteiger partial charge on any atom is -0.382 e. The molecule has 102 valence electrons. The molecule has 0 aliphatic rings. The van der Waals surface area contributed by atoms with Gasteiger partial charge in [0.1, 0.15) is 18.2 Å². The van der Waals surface area contributed by atoms with E-state index < -0.39 is 7.25 Å². The first-order valence-electron chi connectivity index (χ1n) is 5.69. The van der Waals surface area contributed by atoms with Crippen molar-refractivity contribution in [3.8, 4) is 0 Å². The zero-order valence-corrected chi connectivity index (χ0v) is 11.6. The molecule has 2 heterocycles. The number of hydrogen-bond donors (Lipinski definition) is 2. The highest BCUT2D eigenvalue weighted by molar-refractivity contribution is 7.82. The van der Waals surface area contributed by atoms with Crippen molar-refractivity contribution in [1.29, 1.82) is 0 Å². The van der Waals surface area contributed by atoms with Crippen molar-refractivity contribution in [3.05, 3.63) is 12.7 Å². The molecule has 0 radical (unpaired) electrons. The van der Waals surface area contributed by atoms with Gasteiger partial charge in [0, 0.05) is 0 Å². The van der Waals surface area contributed by atoms with E-state index in [2.05, 4.69) is 15.0 Å². The molecule has 0 aliphatic heterocycles. The lowest BCUT2D eigenvalue weighted by molar-refractivity contribution is 0.0839. The summed E-state index contributed by atoms with van der Waals surface area (Å²) in [5.74, 6) is 0.325. The molecular formula is C9H15BN5O3P. The quantitative estimate of drug-likeness (QED) is 0.566. The molecule has 0 saturated carbocycles. The van der Waals surface area contributed by atoms with Gasteiger partial charge in [-0.15, -0.1) is 0 Å². The highest BCUT2D eigenvalue weighted by Gasteiger charge is 2.14. The number of rotatable bonds is 5. The van der Waals surface area contributed by atoms with E-state index in [1.807, 2.05) is 6.92 Å². The van der Waals surface area contributed by atoms with Crippen molar-refractivity contribution >= 4 is 31.8 Å². The maximum Gasteiger partial charge on any atom is 0.219 e. The van der Waals surface area contributed by atoms with Gasteiger partial charge in [-0.1, -0.05) is 0 Å². The van der Waals surface area contributed by atoms with Crippen LogP contribution in [0.4, 0.5) is 5.82 Å². The smallest absolute Gasteiger partial charge is 0.219 e. The molecule has 0 aliphatic carbocycles. The Kier molecular flexibility index (Phi) is 3.89. The van der Waals surface area contributed by atoms with Crippen LogP contribution < -0.4 is 5.73 Å². The molecule has 0 saturated heterocycles. The molecule has 19 heavy (non-hydrogen) atoms. The Labute approximate surface area is 110 Å². The van der Waals surface area contributed by atoms with Crippen molar-refractivity contribution in [2.45, 2.75) is 19.6 Å². The van der Waals surface area contributed by atoms with E-state index in [0.717, 1.165) is 0 Å². The van der Waals surface area contributed by atoms with E-state index in [0.29, 0.717) is 23.5 Å². The van der Waals surface area contributed by atoms with E-state index in [4.69, 9.17) is 10.5 Å². The van der Waals surface area contributed by atoms with Gasteiger partial charge in [-0.25, -0.2) is 15.0 Å². The minimum absolute atomic E-state index is 0.169. The van der Waals surface area contributed by atoms with Gasteiger partial charge in [0.15, 0.2) is 18.7 Å². The highest BCUT2D eigenvalue weighted by Crippen LogP contribution is 2.33. The molecule has 0 aromatic carbocycles. The van der Waals surface area contributed by atoms with Crippen LogP contribution in [0.15, 0.2) is 12.7 Å². The van der Waals surface area contributed by atoms with Crippen LogP contribution in [0.5, 0.6) is 0 Å². The fourth-order valence-electron chi connectivity index (χ4n) is 1.63. The van der Waals surface area contributed by atoms with Gasteiger partial charge in [-0.3, -0.25) is 0 Å². The van der Waals surface area contributed by atoms with Crippen LogP contribution in [-0.2, 0) is 15.8 Å². The highest BCUT2D eigenvalue weighted by atomic mass is 31.2. The van der Waals surface area contributed by atoms with Gasteiger partial charge in [0.25, 0.3) is 0 Å². The number of hydrogen-bond acceptors (Lipinski definition) is 6. The van der Waals surface area contributed by atoms with Crippen molar-refractivity contribution < 1.29 is 14.2 Å². The summed E-state index contributed by atoms with van der Waals surface area (Å²) in [6.07, 6.45) is 2.56. The summed E-state index contributed by atoms with van der Waals surface area (Å²) in [5.41, 5.74) is 6.85. The van der Waals surface area contributed by atoms with Crippen LogP contribution in [-0.4, -0.2) is 44.4 Å². The molecular weight excluding hydrogens is 268 g/mol. The maximum absolute atomic E-state index is 11.2. The van der Waals surface area contributed by atoms with Crippen LogP contribution in [0.25, 0.3) is 11.2 Å². The largest absolute Gasteiger partial charge is 0.382 e. The van der Waals surface area contributed by atoms with Gasteiger partial charge in [0.05, 0.1) is 19.0 Å². The van der Waals surface area contributed by atoms with Gasteiger partial charge in [0.2, 0.25) is 7.57 Å². The summed E-state index contributed by atoms with van der Waals surface area (Å²) in [6, 6.07) is 0. The van der Waals surface area contributed by atoms with Crippen LogP contribution in [0.3, 0.4) is 0 Å². The molecule has 2 atom stereocenters. The number of ether oxygens (including phenoxy) is 1. The first-order valence-corrected chi connectivity index (χ1v) is 7.98. The Morgan fingerprint density at radius 1 is 1.58 bits per heavy atom. The van der Waals surface area contributed by atoms with E-state index in [9.17, 15) is 9.46 Å². The molecule has 2 rings (SSSR count). The number of aromatic nitrogens is 4. The minimum atomic E-state index is -3.16. The summed E-state index contributed by atoms with van der Waals surface area (Å²) >= 11 is 0. The second-order valence-electron chi connectivity index (χ2n) is 4.49. The Bertz CT molecular complexity index is 627. The number of nitrogens with zero attached hydrogens (tertiary/aromatic N) is 4. The topological polar surface area (TPSA) is 116 Å². The second-order valence-corrected chi connectivity index (χ2v) is 6.85. The summed E-state index contributed by atoms with van der Waals surface area (Å²) in [7, 11) is -1.89. The molecule has 10 heteroatoms. The Morgan fingerprint density at radius 2 is 2.32 bits per heavy atom. The summed E-state index contributed by atoms with van der Waals surface area (Å²) in [4.78, 5) is 21.3. The normalized spacial score (nSPS) is 16.3. The van der Waals surface area contributed by atoms with Crippen molar-refractivity contribution in [3.63, 3.8) is 0 Å². The Morgan fingerprint density at radius 3 is 3.00 bits per heavy atom. The SMILES string of the molecule is BP(=O)(O)CO[C@H](C)Cn1cnc2c(N)ncnc21. The zero-order valence-electron chi connectivity index (χ0n) is 10.7. The van der Waals surface area contributed by atoms with E-state index in [1.54, 1.807) is 10.9 Å². The third-order valence-electron chi connectivity index (χ3n) is 2.48. The van der Waals surface area contributed by atoms with E-state index in [-0.39, 0.29) is 12.5 Å². The Hall–Kier alpha value is -1.44. The third-order valence-corrected chi connectivity index (χ3v) is 3.11. The maximum atomic E-state index is 11.2. The number of fused-ring (bicyclic) bond motifs is 1. The van der Waals surface area contributed by atoms with Crippen molar-refractivity contribution in [2.24, 2.45) is 0 Å². The van der Waals surface area contributed by atoms with Gasteiger partial charge >= 0.3 is 0 Å². The number of nitrogens with two attached hydrogens (primary N) is 1. The number of anilines is 1. The molecule has 3 N–H and O–H groups in total. The third kappa shape index (κ3) is 3.53. The predicted molar refractivity (Wildman–Crippen MR) is 73.5 cm³/mol. The molecule has 0 fully saturated rings. The monoisotopic (exact) mass is 283 g/mol. The molecule has 2 aromatic rings. The summed E-state index contributed by atoms with van der Waals surface area (Å²) in [5, 5.41) is 0. The fourth-order valence-corrected chi connectivity index (χ4v) is 2.16. The van der Waals surface area contributed by atoms with Crippen molar-refractivity contribution in [1.82, 2.24) is 19.5 Å². The lowest BCUT2D eigenvalue weighted by Gasteiger charge is -2.15. The van der Waals surface area contributed by atoms with Crippen molar-refractivity contribution in [2.75, 3.05) is 12.1 Å². The fraction of sp³-hybridized carbons (Fsp3) is 0.444. The predicted octanol–water partition coefficient (Wildman–Crippen LogP) is -0.410. The average molecular weight is 283 g/mol. The Balaban J connectivity index is 2.09. The second kappa shape index (κ2) is 5.28. The van der Waals surface area contributed by atoms with Crippen LogP contribution in [0.2, 0.25) is 0 Å². The van der Waals surface area contributed by atoms with Gasteiger partial charge in [-0.05, 0) is 6.92 Å². The molecule has 1 unspecified atom stereocenters. The summed E-state index contributed by atoms with van der Waals surface area (Å²) < 4.78 is 18.2. The van der Waals surface area contributed by atoms with Gasteiger partial charge < -0.3 is 24.5 Å². The van der Waals surface area contributed by atoms with Crippen LogP contribution >= 0.6 is 7.25 Å². The number of nitrogen functional groups attached to an aromatic ring is 1. The molecule has 8 nitrogen and oxygen atoms in total. The average Bonchev–Trinajstić information content (AvgIpc) is 2.71.